The van der Waals surface area contributed by atoms with Crippen molar-refractivity contribution in [2.75, 3.05) is 0 Å². The maximum absolute atomic E-state index is 14.3. The Morgan fingerprint density at radius 1 is 1.09 bits per heavy atom. The number of benzene rings is 1. The quantitative estimate of drug-likeness (QED) is 0.560. The minimum atomic E-state index is -3.40. The lowest BCUT2D eigenvalue weighted by atomic mass is 9.79. The molecule has 0 N–H and O–H groups in total. The van der Waals surface area contributed by atoms with Crippen molar-refractivity contribution in [3.05, 3.63) is 29.3 Å². The second-order valence-electron chi connectivity index (χ2n) is 6.54. The molecule has 1 aromatic rings. The highest BCUT2D eigenvalue weighted by atomic mass is 19.3. The van der Waals surface area contributed by atoms with E-state index >= 15 is 0 Å². The number of hydrogen-bond acceptors (Lipinski definition) is 1. The minimum Gasteiger partial charge on any atom is -0.432 e. The van der Waals surface area contributed by atoms with Crippen LogP contribution in [-0.2, 0) is 0 Å². The highest BCUT2D eigenvalue weighted by Crippen LogP contribution is 2.41. The molecule has 23 heavy (non-hydrogen) atoms. The van der Waals surface area contributed by atoms with Crippen LogP contribution < -0.4 is 4.74 Å². The summed E-state index contributed by atoms with van der Waals surface area (Å²) in [6.07, 6.45) is 2.23. The number of hydrogen-bond donors (Lipinski definition) is 0. The van der Waals surface area contributed by atoms with E-state index in [2.05, 4.69) is 11.7 Å². The van der Waals surface area contributed by atoms with Crippen LogP contribution in [-0.4, -0.2) is 6.11 Å². The monoisotopic (exact) mass is 332 g/mol. The number of halogens is 4. The van der Waals surface area contributed by atoms with E-state index in [0.717, 1.165) is 44.2 Å². The van der Waals surface area contributed by atoms with Crippen molar-refractivity contribution in [1.29, 1.82) is 0 Å². The summed E-state index contributed by atoms with van der Waals surface area (Å²) in [5.41, 5.74) is -0.197. The molecule has 1 aliphatic rings. The zero-order chi connectivity index (χ0) is 17.0. The number of unbranched alkanes of at least 4 members (excludes halogenated alkanes) is 1. The molecule has 0 radical (unpaired) electrons. The smallest absolute Gasteiger partial charge is 0.400 e. The van der Waals surface area contributed by atoms with Crippen LogP contribution in [0.3, 0.4) is 0 Å². The van der Waals surface area contributed by atoms with Gasteiger partial charge < -0.3 is 4.74 Å². The molecule has 0 heterocycles. The third-order valence-electron chi connectivity index (χ3n) is 4.80. The van der Waals surface area contributed by atoms with Crippen LogP contribution in [0.1, 0.15) is 57.4 Å². The van der Waals surface area contributed by atoms with Gasteiger partial charge in [0.1, 0.15) is 17.4 Å². The van der Waals surface area contributed by atoms with Crippen LogP contribution in [0.2, 0.25) is 0 Å². The fourth-order valence-electron chi connectivity index (χ4n) is 3.20. The van der Waals surface area contributed by atoms with Gasteiger partial charge in [0, 0.05) is 17.7 Å². The molecule has 1 saturated carbocycles. The first-order valence-electron chi connectivity index (χ1n) is 8.36. The van der Waals surface area contributed by atoms with Crippen molar-refractivity contribution in [3.63, 3.8) is 0 Å². The Labute approximate surface area is 135 Å². The van der Waals surface area contributed by atoms with Gasteiger partial charge in [-0.15, -0.1) is 0 Å². The van der Waals surface area contributed by atoms with Crippen LogP contribution in [0.5, 0.6) is 5.75 Å². The van der Waals surface area contributed by atoms with Gasteiger partial charge in [-0.1, -0.05) is 26.2 Å². The first-order valence-corrected chi connectivity index (χ1v) is 8.36. The zero-order valence-electron chi connectivity index (χ0n) is 13.7. The lowest BCUT2D eigenvalue weighted by Crippen LogP contribution is -2.37. The largest absolute Gasteiger partial charge is 0.432 e. The molecule has 0 atom stereocenters. The van der Waals surface area contributed by atoms with Gasteiger partial charge in [0.05, 0.1) is 5.92 Å². The van der Waals surface area contributed by atoms with Gasteiger partial charge in [0.15, 0.2) is 0 Å². The predicted molar refractivity (Wildman–Crippen MR) is 81.6 cm³/mol. The first-order chi connectivity index (χ1) is 10.8. The SMILES string of the molecule is CCCCC1CCC(C(F)(F)Oc2cc(F)c(C)c(F)c2)CC1. The van der Waals surface area contributed by atoms with Gasteiger partial charge in [-0.25, -0.2) is 8.78 Å². The number of rotatable bonds is 6. The number of alkyl halides is 2. The molecule has 5 heteroatoms. The van der Waals surface area contributed by atoms with E-state index in [0.29, 0.717) is 18.8 Å². The maximum Gasteiger partial charge on any atom is 0.400 e. The number of ether oxygens (including phenoxy) is 1. The second kappa shape index (κ2) is 7.54. The Kier molecular flexibility index (Phi) is 5.93. The highest BCUT2D eigenvalue weighted by Gasteiger charge is 2.44. The second-order valence-corrected chi connectivity index (χ2v) is 6.54. The zero-order valence-corrected chi connectivity index (χ0v) is 13.7. The van der Waals surface area contributed by atoms with Gasteiger partial charge >= 0.3 is 6.11 Å². The van der Waals surface area contributed by atoms with Crippen molar-refractivity contribution in [2.24, 2.45) is 11.8 Å². The molecule has 0 bridgehead atoms. The van der Waals surface area contributed by atoms with E-state index < -0.39 is 29.4 Å². The molecule has 0 unspecified atom stereocenters. The van der Waals surface area contributed by atoms with Crippen LogP contribution in [0.25, 0.3) is 0 Å². The Bertz CT molecular complexity index is 499. The summed E-state index contributed by atoms with van der Waals surface area (Å²) in [6, 6.07) is 1.64. The van der Waals surface area contributed by atoms with Gasteiger partial charge in [0.25, 0.3) is 0 Å². The Hall–Kier alpha value is -1.26. The van der Waals surface area contributed by atoms with E-state index in [9.17, 15) is 17.6 Å². The molecule has 0 aliphatic heterocycles. The molecule has 0 saturated heterocycles. The topological polar surface area (TPSA) is 9.23 Å². The van der Waals surface area contributed by atoms with E-state index in [1.807, 2.05) is 0 Å². The summed E-state index contributed by atoms with van der Waals surface area (Å²) in [6.45, 7) is 3.37. The van der Waals surface area contributed by atoms with Crippen LogP contribution in [0.15, 0.2) is 12.1 Å². The summed E-state index contributed by atoms with van der Waals surface area (Å²) in [5.74, 6) is -2.59. The lowest BCUT2D eigenvalue weighted by Gasteiger charge is -2.33. The van der Waals surface area contributed by atoms with Gasteiger partial charge in [-0.05, 0) is 38.5 Å². The van der Waals surface area contributed by atoms with Crippen molar-refractivity contribution in [1.82, 2.24) is 0 Å². The van der Waals surface area contributed by atoms with Crippen molar-refractivity contribution in [2.45, 2.75) is 64.9 Å². The molecule has 1 fully saturated rings. The normalized spacial score (nSPS) is 22.2. The average Bonchev–Trinajstić information content (AvgIpc) is 2.50. The molecule has 0 aromatic heterocycles. The first kappa shape index (κ1) is 18.1. The highest BCUT2D eigenvalue weighted by molar-refractivity contribution is 5.30. The summed E-state index contributed by atoms with van der Waals surface area (Å²) in [4.78, 5) is 0. The van der Waals surface area contributed by atoms with E-state index in [1.54, 1.807) is 0 Å². The molecule has 0 spiro atoms. The lowest BCUT2D eigenvalue weighted by molar-refractivity contribution is -0.223. The van der Waals surface area contributed by atoms with Crippen molar-refractivity contribution < 1.29 is 22.3 Å². The standard InChI is InChI=1S/C18H24F4O/c1-3-4-5-13-6-8-14(9-7-13)18(21,22)23-15-10-16(19)12(2)17(20)11-15/h10-11,13-14H,3-9H2,1-2H3. The molecule has 1 aromatic carbocycles. The summed E-state index contributed by atoms with van der Waals surface area (Å²) in [5, 5.41) is 0. The summed E-state index contributed by atoms with van der Waals surface area (Å²) in [7, 11) is 0. The fourth-order valence-corrected chi connectivity index (χ4v) is 3.20. The van der Waals surface area contributed by atoms with Crippen LogP contribution >= 0.6 is 0 Å². The van der Waals surface area contributed by atoms with Gasteiger partial charge in [0.2, 0.25) is 0 Å². The van der Waals surface area contributed by atoms with E-state index in [4.69, 9.17) is 0 Å². The van der Waals surface area contributed by atoms with Gasteiger partial charge in [-0.3, -0.25) is 0 Å². The maximum atomic E-state index is 14.3. The molecular weight excluding hydrogens is 308 g/mol. The van der Waals surface area contributed by atoms with Crippen molar-refractivity contribution in [3.8, 4) is 5.75 Å². The molecular formula is C18H24F4O. The molecule has 2 rings (SSSR count). The third-order valence-corrected chi connectivity index (χ3v) is 4.80. The van der Waals surface area contributed by atoms with Crippen LogP contribution in [0.4, 0.5) is 17.6 Å². The third kappa shape index (κ3) is 4.61. The Morgan fingerprint density at radius 2 is 1.65 bits per heavy atom. The average molecular weight is 332 g/mol. The minimum absolute atomic E-state index is 0.197. The summed E-state index contributed by atoms with van der Waals surface area (Å²) < 4.78 is 60.1. The molecule has 0 amide bonds. The fraction of sp³-hybridized carbons (Fsp3) is 0.667. The van der Waals surface area contributed by atoms with E-state index in [1.165, 1.54) is 6.92 Å². The van der Waals surface area contributed by atoms with Gasteiger partial charge in [-0.2, -0.15) is 8.78 Å². The summed E-state index contributed by atoms with van der Waals surface area (Å²) >= 11 is 0. The Balaban J connectivity index is 1.97. The molecule has 130 valence electrons. The Morgan fingerprint density at radius 3 is 2.17 bits per heavy atom. The van der Waals surface area contributed by atoms with Crippen LogP contribution in [0, 0.1) is 30.4 Å². The predicted octanol–water partition coefficient (Wildman–Crippen LogP) is 6.24. The van der Waals surface area contributed by atoms with E-state index in [-0.39, 0.29) is 5.56 Å². The van der Waals surface area contributed by atoms with Crippen molar-refractivity contribution >= 4 is 0 Å². The molecule has 1 nitrogen and oxygen atoms in total. The molecule has 1 aliphatic carbocycles.